The lowest BCUT2D eigenvalue weighted by atomic mass is 10.1. The third-order valence-corrected chi connectivity index (χ3v) is 3.26. The summed E-state index contributed by atoms with van der Waals surface area (Å²) in [5, 5.41) is 2.85. The lowest BCUT2D eigenvalue weighted by Gasteiger charge is -2.28. The van der Waals surface area contributed by atoms with Crippen molar-refractivity contribution in [2.75, 3.05) is 30.4 Å². The number of benzene rings is 1. The van der Waals surface area contributed by atoms with E-state index in [2.05, 4.69) is 10.2 Å². The Labute approximate surface area is 113 Å². The fourth-order valence-electron chi connectivity index (χ4n) is 2.11. The van der Waals surface area contributed by atoms with E-state index in [1.165, 1.54) is 0 Å². The number of ether oxygens (including phenoxy) is 1. The van der Waals surface area contributed by atoms with Gasteiger partial charge in [-0.2, -0.15) is 0 Å². The van der Waals surface area contributed by atoms with Crippen LogP contribution in [0.1, 0.15) is 19.8 Å². The summed E-state index contributed by atoms with van der Waals surface area (Å²) in [4.78, 5) is 14.0. The topological polar surface area (TPSA) is 67.6 Å². The van der Waals surface area contributed by atoms with E-state index >= 15 is 0 Å². The number of anilines is 2. The molecule has 0 bridgehead atoms. The summed E-state index contributed by atoms with van der Waals surface area (Å²) < 4.78 is 5.56. The number of amides is 1. The van der Waals surface area contributed by atoms with E-state index in [1.807, 2.05) is 32.2 Å². The number of carbonyl (C=O) groups is 1. The van der Waals surface area contributed by atoms with Crippen LogP contribution >= 0.6 is 0 Å². The van der Waals surface area contributed by atoms with Crippen LogP contribution in [-0.2, 0) is 4.79 Å². The van der Waals surface area contributed by atoms with E-state index in [0.29, 0.717) is 13.0 Å². The van der Waals surface area contributed by atoms with Crippen molar-refractivity contribution < 1.29 is 9.53 Å². The second-order valence-electron chi connectivity index (χ2n) is 4.84. The van der Waals surface area contributed by atoms with Crippen molar-refractivity contribution in [2.24, 2.45) is 5.73 Å². The van der Waals surface area contributed by atoms with E-state index in [4.69, 9.17) is 10.5 Å². The number of nitrogens with zero attached hydrogens (tertiary/aromatic N) is 1. The summed E-state index contributed by atoms with van der Waals surface area (Å²) in [5.41, 5.74) is 7.54. The number of fused-ring (bicyclic) bond motifs is 1. The first-order valence-corrected chi connectivity index (χ1v) is 6.66. The minimum Gasteiger partial charge on any atom is -0.490 e. The van der Waals surface area contributed by atoms with Gasteiger partial charge in [-0.05, 0) is 24.6 Å². The molecule has 0 aromatic heterocycles. The quantitative estimate of drug-likeness (QED) is 0.865. The van der Waals surface area contributed by atoms with Crippen LogP contribution in [0.2, 0.25) is 0 Å². The molecule has 1 atom stereocenters. The maximum absolute atomic E-state index is 11.9. The number of rotatable bonds is 4. The van der Waals surface area contributed by atoms with Crippen molar-refractivity contribution in [1.82, 2.24) is 0 Å². The molecule has 5 heteroatoms. The maximum Gasteiger partial charge on any atom is 0.241 e. The van der Waals surface area contributed by atoms with Crippen molar-refractivity contribution in [3.8, 4) is 5.75 Å². The molecule has 1 amide bonds. The van der Waals surface area contributed by atoms with Crippen LogP contribution in [0.3, 0.4) is 0 Å². The third kappa shape index (κ3) is 3.17. The Hall–Kier alpha value is -1.75. The summed E-state index contributed by atoms with van der Waals surface area (Å²) in [6.07, 6.45) is 1.59. The van der Waals surface area contributed by atoms with Gasteiger partial charge in [0.1, 0.15) is 12.4 Å². The van der Waals surface area contributed by atoms with Crippen LogP contribution in [-0.4, -0.2) is 32.1 Å². The standard InChI is InChI=1S/C14H21N3O2/c1-3-4-11(15)14(18)16-10-5-6-13-12(9-10)17(2)7-8-19-13/h5-6,9,11H,3-4,7-8,15H2,1-2H3,(H,16,18). The number of nitrogens with one attached hydrogen (secondary N) is 1. The van der Waals surface area contributed by atoms with Crippen LogP contribution < -0.4 is 20.7 Å². The predicted octanol–water partition coefficient (Wildman–Crippen LogP) is 1.58. The first-order chi connectivity index (χ1) is 9.11. The molecule has 5 nitrogen and oxygen atoms in total. The molecule has 2 rings (SSSR count). The minimum absolute atomic E-state index is 0.138. The van der Waals surface area contributed by atoms with Gasteiger partial charge in [0.05, 0.1) is 18.3 Å². The fourth-order valence-corrected chi connectivity index (χ4v) is 2.11. The predicted molar refractivity (Wildman–Crippen MR) is 76.7 cm³/mol. The van der Waals surface area contributed by atoms with E-state index in [-0.39, 0.29) is 5.91 Å². The van der Waals surface area contributed by atoms with Crippen LogP contribution in [0.5, 0.6) is 5.75 Å². The molecule has 3 N–H and O–H groups in total. The molecule has 0 saturated heterocycles. The van der Waals surface area contributed by atoms with Crippen LogP contribution in [0.15, 0.2) is 18.2 Å². The molecule has 0 aliphatic carbocycles. The molecule has 1 heterocycles. The smallest absolute Gasteiger partial charge is 0.241 e. The molecular weight excluding hydrogens is 242 g/mol. The average Bonchev–Trinajstić information content (AvgIpc) is 2.40. The molecule has 1 aromatic carbocycles. The second kappa shape index (κ2) is 5.93. The molecule has 0 saturated carbocycles. The van der Waals surface area contributed by atoms with Gasteiger partial charge in [-0.1, -0.05) is 13.3 Å². The molecule has 0 spiro atoms. The molecule has 1 aromatic rings. The van der Waals surface area contributed by atoms with Gasteiger partial charge in [-0.15, -0.1) is 0 Å². The average molecular weight is 263 g/mol. The summed E-state index contributed by atoms with van der Waals surface area (Å²) in [6, 6.07) is 5.20. The normalized spacial score (nSPS) is 15.4. The number of carbonyl (C=O) groups excluding carboxylic acids is 1. The largest absolute Gasteiger partial charge is 0.490 e. The second-order valence-corrected chi connectivity index (χ2v) is 4.84. The van der Waals surface area contributed by atoms with E-state index < -0.39 is 6.04 Å². The number of likely N-dealkylation sites (N-methyl/N-ethyl adjacent to an activating group) is 1. The summed E-state index contributed by atoms with van der Waals surface area (Å²) >= 11 is 0. The Morgan fingerprint density at radius 1 is 1.58 bits per heavy atom. The minimum atomic E-state index is -0.449. The first kappa shape index (κ1) is 13.7. The summed E-state index contributed by atoms with van der Waals surface area (Å²) in [6.45, 7) is 3.55. The maximum atomic E-state index is 11.9. The Bertz CT molecular complexity index is 462. The van der Waals surface area contributed by atoms with Crippen molar-refractivity contribution in [3.05, 3.63) is 18.2 Å². The number of hydrogen-bond donors (Lipinski definition) is 2. The Kier molecular flexibility index (Phi) is 4.27. The van der Waals surface area contributed by atoms with Gasteiger partial charge < -0.3 is 20.7 Å². The van der Waals surface area contributed by atoms with E-state index in [9.17, 15) is 4.79 Å². The van der Waals surface area contributed by atoms with E-state index in [1.54, 1.807) is 0 Å². The van der Waals surface area contributed by atoms with Gasteiger partial charge in [0.25, 0.3) is 0 Å². The molecule has 19 heavy (non-hydrogen) atoms. The van der Waals surface area contributed by atoms with Crippen LogP contribution in [0, 0.1) is 0 Å². The molecule has 104 valence electrons. The van der Waals surface area contributed by atoms with Crippen molar-refractivity contribution in [1.29, 1.82) is 0 Å². The van der Waals surface area contributed by atoms with Gasteiger partial charge in [0, 0.05) is 12.7 Å². The highest BCUT2D eigenvalue weighted by Crippen LogP contribution is 2.33. The summed E-state index contributed by atoms with van der Waals surface area (Å²) in [5.74, 6) is 0.714. The highest BCUT2D eigenvalue weighted by Gasteiger charge is 2.17. The number of hydrogen-bond acceptors (Lipinski definition) is 4. The molecule has 0 fully saturated rings. The Balaban J connectivity index is 2.09. The zero-order valence-corrected chi connectivity index (χ0v) is 11.5. The third-order valence-electron chi connectivity index (χ3n) is 3.26. The molecule has 1 aliphatic heterocycles. The van der Waals surface area contributed by atoms with Gasteiger partial charge in [-0.25, -0.2) is 0 Å². The molecule has 1 unspecified atom stereocenters. The molecule has 1 aliphatic rings. The van der Waals surface area contributed by atoms with Gasteiger partial charge in [-0.3, -0.25) is 4.79 Å². The van der Waals surface area contributed by atoms with Gasteiger partial charge in [0.15, 0.2) is 0 Å². The highest BCUT2D eigenvalue weighted by molar-refractivity contribution is 5.95. The Morgan fingerprint density at radius 3 is 3.11 bits per heavy atom. The van der Waals surface area contributed by atoms with Crippen molar-refractivity contribution in [2.45, 2.75) is 25.8 Å². The van der Waals surface area contributed by atoms with Gasteiger partial charge >= 0.3 is 0 Å². The zero-order valence-electron chi connectivity index (χ0n) is 11.5. The number of nitrogens with two attached hydrogens (primary N) is 1. The van der Waals surface area contributed by atoms with E-state index in [0.717, 1.165) is 30.1 Å². The summed E-state index contributed by atoms with van der Waals surface area (Å²) in [7, 11) is 2.01. The van der Waals surface area contributed by atoms with Crippen LogP contribution in [0.4, 0.5) is 11.4 Å². The van der Waals surface area contributed by atoms with Gasteiger partial charge in [0.2, 0.25) is 5.91 Å². The zero-order chi connectivity index (χ0) is 13.8. The highest BCUT2D eigenvalue weighted by atomic mass is 16.5. The lowest BCUT2D eigenvalue weighted by molar-refractivity contribution is -0.117. The molecular formula is C14H21N3O2. The first-order valence-electron chi connectivity index (χ1n) is 6.66. The van der Waals surface area contributed by atoms with Crippen LogP contribution in [0.25, 0.3) is 0 Å². The van der Waals surface area contributed by atoms with Crippen molar-refractivity contribution >= 4 is 17.3 Å². The lowest BCUT2D eigenvalue weighted by Crippen LogP contribution is -2.35. The molecule has 0 radical (unpaired) electrons. The SMILES string of the molecule is CCCC(N)C(=O)Nc1ccc2c(c1)N(C)CCO2. The monoisotopic (exact) mass is 263 g/mol. The Morgan fingerprint density at radius 2 is 2.37 bits per heavy atom. The van der Waals surface area contributed by atoms with Crippen molar-refractivity contribution in [3.63, 3.8) is 0 Å². The fraction of sp³-hybridized carbons (Fsp3) is 0.500.